The Balaban J connectivity index is 2.50. The van der Waals surface area contributed by atoms with E-state index >= 15 is 0 Å². The molecule has 8 heteroatoms. The maximum absolute atomic E-state index is 12.0. The number of hydrogen-bond donors (Lipinski definition) is 1. The summed E-state index contributed by atoms with van der Waals surface area (Å²) in [4.78, 5) is 11.9. The summed E-state index contributed by atoms with van der Waals surface area (Å²) in [5.41, 5.74) is 0.302. The molecular weight excluding hydrogens is 315 g/mol. The lowest BCUT2D eigenvalue weighted by Gasteiger charge is -2.17. The van der Waals surface area contributed by atoms with E-state index in [1.165, 1.54) is 24.3 Å². The molecule has 0 aliphatic heterocycles. The average Bonchev–Trinajstić information content (AvgIpc) is 2.50. The monoisotopic (exact) mass is 335 g/mol. The molecular formula is C15H20F3NO4. The summed E-state index contributed by atoms with van der Waals surface area (Å²) in [6.45, 7) is 3.33. The molecule has 23 heavy (non-hydrogen) atoms. The van der Waals surface area contributed by atoms with Gasteiger partial charge < -0.3 is 19.5 Å². The van der Waals surface area contributed by atoms with Crippen LogP contribution in [0.1, 0.15) is 24.2 Å². The van der Waals surface area contributed by atoms with E-state index in [2.05, 4.69) is 10.1 Å². The SMILES string of the molecule is CCOC(CNC(=O)c1ccc(OCC(F)(F)F)cc1)OCC. The zero-order chi connectivity index (χ0) is 17.3. The lowest BCUT2D eigenvalue weighted by Crippen LogP contribution is -2.35. The number of benzene rings is 1. The summed E-state index contributed by atoms with van der Waals surface area (Å²) in [7, 11) is 0. The molecule has 0 radical (unpaired) electrons. The van der Waals surface area contributed by atoms with E-state index in [0.717, 1.165) is 0 Å². The van der Waals surface area contributed by atoms with Crippen molar-refractivity contribution in [2.75, 3.05) is 26.4 Å². The summed E-state index contributed by atoms with van der Waals surface area (Å²) in [5, 5.41) is 2.63. The van der Waals surface area contributed by atoms with Gasteiger partial charge in [0.2, 0.25) is 0 Å². The number of rotatable bonds is 9. The van der Waals surface area contributed by atoms with Gasteiger partial charge in [-0.1, -0.05) is 0 Å². The number of carbonyl (C=O) groups excluding carboxylic acids is 1. The van der Waals surface area contributed by atoms with E-state index in [1.807, 2.05) is 13.8 Å². The third-order valence-corrected chi connectivity index (χ3v) is 2.65. The zero-order valence-corrected chi connectivity index (χ0v) is 13.0. The number of halogens is 3. The topological polar surface area (TPSA) is 56.8 Å². The van der Waals surface area contributed by atoms with Crippen molar-refractivity contribution in [3.8, 4) is 5.75 Å². The molecule has 5 nitrogen and oxygen atoms in total. The first-order valence-corrected chi connectivity index (χ1v) is 7.16. The van der Waals surface area contributed by atoms with Gasteiger partial charge in [0.15, 0.2) is 12.9 Å². The second kappa shape index (κ2) is 9.36. The smallest absolute Gasteiger partial charge is 0.422 e. The minimum Gasteiger partial charge on any atom is -0.484 e. The van der Waals surface area contributed by atoms with E-state index in [9.17, 15) is 18.0 Å². The summed E-state index contributed by atoms with van der Waals surface area (Å²) in [6, 6.07) is 5.39. The normalized spacial score (nSPS) is 11.6. The molecule has 0 bridgehead atoms. The van der Waals surface area contributed by atoms with Crippen LogP contribution in [0.4, 0.5) is 13.2 Å². The van der Waals surface area contributed by atoms with Crippen molar-refractivity contribution in [2.45, 2.75) is 26.3 Å². The van der Waals surface area contributed by atoms with Crippen LogP contribution in [0.2, 0.25) is 0 Å². The fourth-order valence-electron chi connectivity index (χ4n) is 1.68. The van der Waals surface area contributed by atoms with Gasteiger partial charge in [-0.15, -0.1) is 0 Å². The molecule has 1 aromatic rings. The van der Waals surface area contributed by atoms with Gasteiger partial charge in [-0.2, -0.15) is 13.2 Å². The third kappa shape index (κ3) is 7.85. The Hall–Kier alpha value is -1.80. The number of carbonyl (C=O) groups is 1. The Morgan fingerprint density at radius 1 is 1.13 bits per heavy atom. The molecule has 0 saturated carbocycles. The van der Waals surface area contributed by atoms with Crippen LogP contribution < -0.4 is 10.1 Å². The Morgan fingerprint density at radius 2 is 1.70 bits per heavy atom. The van der Waals surface area contributed by atoms with Crippen molar-refractivity contribution in [1.82, 2.24) is 5.32 Å². The second-order valence-corrected chi connectivity index (χ2v) is 4.48. The summed E-state index contributed by atoms with van der Waals surface area (Å²) in [5.74, 6) is -0.336. The van der Waals surface area contributed by atoms with Gasteiger partial charge in [0.25, 0.3) is 5.91 Å². The van der Waals surface area contributed by atoms with E-state index in [-0.39, 0.29) is 18.2 Å². The van der Waals surface area contributed by atoms with Gasteiger partial charge in [-0.05, 0) is 38.1 Å². The van der Waals surface area contributed by atoms with Crippen LogP contribution in [-0.2, 0) is 9.47 Å². The molecule has 0 atom stereocenters. The molecule has 0 fully saturated rings. The lowest BCUT2D eigenvalue weighted by molar-refractivity contribution is -0.153. The number of alkyl halides is 3. The second-order valence-electron chi connectivity index (χ2n) is 4.48. The standard InChI is InChI=1S/C15H20F3NO4/c1-3-21-13(22-4-2)9-19-14(20)11-5-7-12(8-6-11)23-10-15(16,17)18/h5-8,13H,3-4,9-10H2,1-2H3,(H,19,20). The molecule has 0 heterocycles. The highest BCUT2D eigenvalue weighted by Crippen LogP contribution is 2.18. The molecule has 0 saturated heterocycles. The minimum atomic E-state index is -4.40. The molecule has 1 N–H and O–H groups in total. The van der Waals surface area contributed by atoms with Crippen LogP contribution in [0.5, 0.6) is 5.75 Å². The van der Waals surface area contributed by atoms with Crippen LogP contribution in [0.3, 0.4) is 0 Å². The van der Waals surface area contributed by atoms with Gasteiger partial charge in [0, 0.05) is 18.8 Å². The maximum Gasteiger partial charge on any atom is 0.422 e. The minimum absolute atomic E-state index is 0.0420. The fourth-order valence-corrected chi connectivity index (χ4v) is 1.68. The Kier molecular flexibility index (Phi) is 7.84. The van der Waals surface area contributed by atoms with E-state index < -0.39 is 19.1 Å². The lowest BCUT2D eigenvalue weighted by atomic mass is 10.2. The Morgan fingerprint density at radius 3 is 2.17 bits per heavy atom. The van der Waals surface area contributed by atoms with E-state index in [4.69, 9.17) is 9.47 Å². The van der Waals surface area contributed by atoms with Gasteiger partial charge in [0.05, 0.1) is 6.54 Å². The number of hydrogen-bond acceptors (Lipinski definition) is 4. The fraction of sp³-hybridized carbons (Fsp3) is 0.533. The predicted molar refractivity (Wildman–Crippen MR) is 77.4 cm³/mol. The van der Waals surface area contributed by atoms with Gasteiger partial charge in [-0.3, -0.25) is 4.79 Å². The summed E-state index contributed by atoms with van der Waals surface area (Å²) >= 11 is 0. The third-order valence-electron chi connectivity index (χ3n) is 2.65. The molecule has 130 valence electrons. The average molecular weight is 335 g/mol. The number of ether oxygens (including phenoxy) is 3. The van der Waals surface area contributed by atoms with Crippen LogP contribution in [0.25, 0.3) is 0 Å². The van der Waals surface area contributed by atoms with Crippen LogP contribution >= 0.6 is 0 Å². The number of amides is 1. The molecule has 1 rings (SSSR count). The van der Waals surface area contributed by atoms with Crippen molar-refractivity contribution in [2.24, 2.45) is 0 Å². The maximum atomic E-state index is 12.0. The molecule has 0 unspecified atom stereocenters. The van der Waals surface area contributed by atoms with Gasteiger partial charge in [0.1, 0.15) is 5.75 Å². The molecule has 1 amide bonds. The van der Waals surface area contributed by atoms with Crippen molar-refractivity contribution in [1.29, 1.82) is 0 Å². The van der Waals surface area contributed by atoms with Crippen molar-refractivity contribution in [3.05, 3.63) is 29.8 Å². The van der Waals surface area contributed by atoms with Crippen molar-refractivity contribution in [3.63, 3.8) is 0 Å². The molecule has 0 aliphatic carbocycles. The highest BCUT2D eigenvalue weighted by atomic mass is 19.4. The summed E-state index contributed by atoms with van der Waals surface area (Å²) < 4.78 is 51.3. The Bertz CT molecular complexity index is 471. The van der Waals surface area contributed by atoms with Crippen molar-refractivity contribution >= 4 is 5.91 Å². The van der Waals surface area contributed by atoms with E-state index in [1.54, 1.807) is 0 Å². The molecule has 0 aliphatic rings. The van der Waals surface area contributed by atoms with Crippen LogP contribution in [-0.4, -0.2) is 44.7 Å². The van der Waals surface area contributed by atoms with Crippen molar-refractivity contribution < 1.29 is 32.2 Å². The highest BCUT2D eigenvalue weighted by molar-refractivity contribution is 5.94. The van der Waals surface area contributed by atoms with E-state index in [0.29, 0.717) is 18.8 Å². The first-order valence-electron chi connectivity index (χ1n) is 7.16. The molecule has 0 aromatic heterocycles. The quantitative estimate of drug-likeness (QED) is 0.705. The predicted octanol–water partition coefficient (Wildman–Crippen LogP) is 2.76. The number of nitrogens with one attached hydrogen (secondary N) is 1. The first-order chi connectivity index (χ1) is 10.9. The first kappa shape index (κ1) is 19.2. The summed E-state index contributed by atoms with van der Waals surface area (Å²) in [6.07, 6.45) is -4.94. The van der Waals surface area contributed by atoms with Crippen LogP contribution in [0, 0.1) is 0 Å². The molecule has 1 aromatic carbocycles. The van der Waals surface area contributed by atoms with Gasteiger partial charge in [-0.25, -0.2) is 0 Å². The van der Waals surface area contributed by atoms with Gasteiger partial charge >= 0.3 is 6.18 Å². The molecule has 0 spiro atoms. The van der Waals surface area contributed by atoms with Crippen LogP contribution in [0.15, 0.2) is 24.3 Å². The largest absolute Gasteiger partial charge is 0.484 e. The Labute approximate surface area is 132 Å². The zero-order valence-electron chi connectivity index (χ0n) is 13.0. The highest BCUT2D eigenvalue weighted by Gasteiger charge is 2.28.